The van der Waals surface area contributed by atoms with Crippen molar-refractivity contribution < 1.29 is 111 Å². The molecule has 6 N–H and O–H groups in total. The van der Waals surface area contributed by atoms with Crippen molar-refractivity contribution in [2.75, 3.05) is 0 Å². The molecule has 0 aliphatic carbocycles. The van der Waals surface area contributed by atoms with Crippen molar-refractivity contribution in [3.05, 3.63) is 0 Å². The van der Waals surface area contributed by atoms with E-state index in [9.17, 15) is 0 Å². The van der Waals surface area contributed by atoms with Crippen LogP contribution in [0.1, 0.15) is 1.43 Å². The maximum atomic E-state index is 8.74. The molecule has 0 saturated carbocycles. The maximum absolute atomic E-state index is 8.74. The maximum Gasteiger partial charge on any atom is 1.00 e. The Morgan fingerprint density at radius 2 is 0.750 bits per heavy atom. The Labute approximate surface area is 129 Å². The molecular weight excluding hydrogens is 341 g/mol. The van der Waals surface area contributed by atoms with Gasteiger partial charge in [-0.15, -0.1) is 0 Å². The molecule has 0 saturated heterocycles. The van der Waals surface area contributed by atoms with Crippen LogP contribution in [0.15, 0.2) is 0 Å². The largest absolute Gasteiger partial charge is 1.00 e. The standard InChI is InChI=1S/Cs.2H2O4S.H2O.H/c;2*1-5(2,3)4;;/h;2*(H2,1,2,3,4);1H2;/q+1;;;;-1. The van der Waals surface area contributed by atoms with Crippen molar-refractivity contribution in [2.24, 2.45) is 0 Å². The van der Waals surface area contributed by atoms with E-state index in [4.69, 9.17) is 35.0 Å². The van der Waals surface area contributed by atoms with Crippen LogP contribution in [-0.4, -0.2) is 40.5 Å². The molecule has 0 aliphatic rings. The molecule has 0 aromatic carbocycles. The number of hydrogen-bond donors (Lipinski definition) is 4. The van der Waals surface area contributed by atoms with Crippen LogP contribution < -0.4 is 68.9 Å². The Morgan fingerprint density at radius 3 is 0.750 bits per heavy atom. The SMILES string of the molecule is O.O=S(=O)(O)O.O=S(=O)(O)O.[Cs+].[H-]. The second-order valence-electron chi connectivity index (χ2n) is 0.896. The minimum atomic E-state index is -4.67. The summed E-state index contributed by atoms with van der Waals surface area (Å²) in [7, 11) is -9.33. The molecule has 0 bridgehead atoms. The average molecular weight is 348 g/mol. The van der Waals surface area contributed by atoms with Crippen molar-refractivity contribution in [3.8, 4) is 0 Å². The van der Waals surface area contributed by atoms with Gasteiger partial charge in [-0.1, -0.05) is 0 Å². The van der Waals surface area contributed by atoms with Crippen LogP contribution in [-0.2, 0) is 20.8 Å². The summed E-state index contributed by atoms with van der Waals surface area (Å²) in [5, 5.41) is 0. The Balaban J connectivity index is -0.0000000267. The van der Waals surface area contributed by atoms with Gasteiger partial charge in [-0.2, -0.15) is 16.8 Å². The van der Waals surface area contributed by atoms with Crippen LogP contribution in [0.25, 0.3) is 0 Å². The van der Waals surface area contributed by atoms with E-state index in [0.717, 1.165) is 0 Å². The van der Waals surface area contributed by atoms with Gasteiger partial charge in [0.1, 0.15) is 0 Å². The monoisotopic (exact) mass is 348 g/mol. The molecule has 0 unspecified atom stereocenters. The van der Waals surface area contributed by atoms with Gasteiger partial charge >= 0.3 is 89.7 Å². The number of hydrogen-bond acceptors (Lipinski definition) is 4. The van der Waals surface area contributed by atoms with Gasteiger partial charge in [-0.05, 0) is 0 Å². The first-order chi connectivity index (χ1) is 4.00. The van der Waals surface area contributed by atoms with E-state index < -0.39 is 20.8 Å². The molecule has 0 aliphatic heterocycles. The molecule has 12 heteroatoms. The second-order valence-corrected chi connectivity index (χ2v) is 2.69. The predicted molar refractivity (Wildman–Crippen MR) is 33.1 cm³/mol. The van der Waals surface area contributed by atoms with Crippen molar-refractivity contribution in [2.45, 2.75) is 0 Å². The third kappa shape index (κ3) is 443. The summed E-state index contributed by atoms with van der Waals surface area (Å²) in [5.74, 6) is 0. The third-order valence-corrected chi connectivity index (χ3v) is 0. The van der Waals surface area contributed by atoms with Crippen LogP contribution in [0.4, 0.5) is 0 Å². The minimum absolute atomic E-state index is 0. The first-order valence-corrected chi connectivity index (χ1v) is 4.19. The molecule has 0 aromatic heterocycles. The molecule has 0 rings (SSSR count). The Hall–Kier alpha value is 1.75. The fourth-order valence-corrected chi connectivity index (χ4v) is 0. The predicted octanol–water partition coefficient (Wildman–Crippen LogP) is -5.01. The van der Waals surface area contributed by atoms with Crippen LogP contribution >= 0.6 is 0 Å². The molecule has 74 valence electrons. The zero-order valence-electron chi connectivity index (χ0n) is 6.74. The fourth-order valence-electron chi connectivity index (χ4n) is 0. The van der Waals surface area contributed by atoms with Crippen molar-refractivity contribution in [1.29, 1.82) is 0 Å². The van der Waals surface area contributed by atoms with Gasteiger partial charge in [0.2, 0.25) is 0 Å². The van der Waals surface area contributed by atoms with Gasteiger partial charge in [0.25, 0.3) is 0 Å². The van der Waals surface area contributed by atoms with Gasteiger partial charge in [0.05, 0.1) is 0 Å². The summed E-state index contributed by atoms with van der Waals surface area (Å²) < 4.78 is 63.2. The Kier molecular flexibility index (Phi) is 18.2. The molecule has 0 radical (unpaired) electrons. The van der Waals surface area contributed by atoms with Crippen LogP contribution in [0.3, 0.4) is 0 Å². The molecule has 9 nitrogen and oxygen atoms in total. The van der Waals surface area contributed by atoms with E-state index in [2.05, 4.69) is 0 Å². The van der Waals surface area contributed by atoms with Crippen molar-refractivity contribution in [3.63, 3.8) is 0 Å². The zero-order valence-corrected chi connectivity index (χ0v) is 13.7. The zero-order chi connectivity index (χ0) is 9.00. The van der Waals surface area contributed by atoms with E-state index in [1.54, 1.807) is 0 Å². The van der Waals surface area contributed by atoms with E-state index in [1.807, 2.05) is 0 Å². The fraction of sp³-hybridized carbons (Fsp3) is 0. The van der Waals surface area contributed by atoms with Crippen LogP contribution in [0.5, 0.6) is 0 Å². The third-order valence-electron chi connectivity index (χ3n) is 0. The van der Waals surface area contributed by atoms with E-state index in [1.165, 1.54) is 0 Å². The molecule has 0 aromatic rings. The quantitative estimate of drug-likeness (QED) is 0.314. The summed E-state index contributed by atoms with van der Waals surface area (Å²) >= 11 is 0. The van der Waals surface area contributed by atoms with E-state index in [0.29, 0.717) is 0 Å². The normalized spacial score (nSPS) is 9.67. The van der Waals surface area contributed by atoms with Gasteiger partial charge < -0.3 is 6.90 Å². The Morgan fingerprint density at radius 1 is 0.750 bits per heavy atom. The molecular formula is H7CsO9S2. The van der Waals surface area contributed by atoms with Gasteiger partial charge in [-0.3, -0.25) is 18.2 Å². The van der Waals surface area contributed by atoms with Gasteiger partial charge in [0, 0.05) is 0 Å². The summed E-state index contributed by atoms with van der Waals surface area (Å²) in [4.78, 5) is 0. The topological polar surface area (TPSA) is 181 Å². The number of rotatable bonds is 0. The van der Waals surface area contributed by atoms with E-state index in [-0.39, 0.29) is 75.8 Å². The average Bonchev–Trinajstić information content (AvgIpc) is 1.12. The van der Waals surface area contributed by atoms with Gasteiger partial charge in [-0.25, -0.2) is 0 Å². The first-order valence-electron chi connectivity index (χ1n) is 1.40. The second kappa shape index (κ2) is 9.31. The first kappa shape index (κ1) is 23.5. The summed E-state index contributed by atoms with van der Waals surface area (Å²) in [6.07, 6.45) is 0. The van der Waals surface area contributed by atoms with Crippen LogP contribution in [0, 0.1) is 0 Å². The molecule has 12 heavy (non-hydrogen) atoms. The molecule has 0 fully saturated rings. The Bertz CT molecular complexity index is 214. The van der Waals surface area contributed by atoms with E-state index >= 15 is 0 Å². The molecule has 0 spiro atoms. The summed E-state index contributed by atoms with van der Waals surface area (Å²) in [5.41, 5.74) is 0. The summed E-state index contributed by atoms with van der Waals surface area (Å²) in [6, 6.07) is 0. The molecule has 0 amide bonds. The summed E-state index contributed by atoms with van der Waals surface area (Å²) in [6.45, 7) is 0. The smallest absolute Gasteiger partial charge is 1.00 e. The van der Waals surface area contributed by atoms with Crippen molar-refractivity contribution >= 4 is 20.8 Å². The van der Waals surface area contributed by atoms with Crippen molar-refractivity contribution in [1.82, 2.24) is 0 Å². The molecule has 0 heterocycles. The minimum Gasteiger partial charge on any atom is -1.00 e. The molecule has 0 atom stereocenters. The van der Waals surface area contributed by atoms with Crippen LogP contribution in [0.2, 0.25) is 0 Å². The van der Waals surface area contributed by atoms with Gasteiger partial charge in [0.15, 0.2) is 0 Å².